The fourth-order valence-corrected chi connectivity index (χ4v) is 2.63. The standard InChI is InChI=1S/C13H17Cl2NO2/c14-10-5-9(7-16)13(12(15)6-10)18-8-11-3-1-2-4-17-11/h5-6,11H,1-4,7-8,16H2. The van der Waals surface area contributed by atoms with Crippen LogP contribution in [0.15, 0.2) is 12.1 Å². The minimum atomic E-state index is 0.149. The summed E-state index contributed by atoms with van der Waals surface area (Å²) >= 11 is 12.1. The van der Waals surface area contributed by atoms with Gasteiger partial charge in [-0.3, -0.25) is 0 Å². The van der Waals surface area contributed by atoms with Gasteiger partial charge in [0.15, 0.2) is 0 Å². The Morgan fingerprint density at radius 2 is 2.17 bits per heavy atom. The minimum Gasteiger partial charge on any atom is -0.489 e. The van der Waals surface area contributed by atoms with Crippen LogP contribution in [0.4, 0.5) is 0 Å². The van der Waals surface area contributed by atoms with Crippen molar-refractivity contribution in [3.63, 3.8) is 0 Å². The summed E-state index contributed by atoms with van der Waals surface area (Å²) in [6, 6.07) is 3.45. The van der Waals surface area contributed by atoms with E-state index in [0.29, 0.717) is 28.9 Å². The smallest absolute Gasteiger partial charge is 0.142 e. The molecular weight excluding hydrogens is 273 g/mol. The minimum absolute atomic E-state index is 0.149. The van der Waals surface area contributed by atoms with E-state index in [0.717, 1.165) is 25.0 Å². The Kier molecular flexibility index (Phi) is 5.13. The number of rotatable bonds is 4. The molecule has 0 spiro atoms. The Balaban J connectivity index is 2.03. The monoisotopic (exact) mass is 289 g/mol. The first kappa shape index (κ1) is 13.9. The zero-order chi connectivity index (χ0) is 13.0. The average Bonchev–Trinajstić information content (AvgIpc) is 2.38. The van der Waals surface area contributed by atoms with Crippen LogP contribution in [0, 0.1) is 0 Å². The van der Waals surface area contributed by atoms with E-state index >= 15 is 0 Å². The second-order valence-electron chi connectivity index (χ2n) is 4.38. The van der Waals surface area contributed by atoms with Gasteiger partial charge in [0, 0.05) is 23.7 Å². The van der Waals surface area contributed by atoms with E-state index in [-0.39, 0.29) is 6.10 Å². The summed E-state index contributed by atoms with van der Waals surface area (Å²) in [4.78, 5) is 0. The number of hydrogen-bond acceptors (Lipinski definition) is 3. The molecule has 0 aliphatic carbocycles. The van der Waals surface area contributed by atoms with Crippen molar-refractivity contribution in [2.24, 2.45) is 5.73 Å². The van der Waals surface area contributed by atoms with Crippen LogP contribution in [0.5, 0.6) is 5.75 Å². The Morgan fingerprint density at radius 1 is 1.33 bits per heavy atom. The first-order valence-electron chi connectivity index (χ1n) is 6.13. The molecule has 1 heterocycles. The molecule has 18 heavy (non-hydrogen) atoms. The average molecular weight is 290 g/mol. The van der Waals surface area contributed by atoms with E-state index in [1.54, 1.807) is 12.1 Å². The van der Waals surface area contributed by atoms with Gasteiger partial charge in [-0.05, 0) is 31.4 Å². The molecule has 3 nitrogen and oxygen atoms in total. The summed E-state index contributed by atoms with van der Waals surface area (Å²) in [6.45, 7) is 1.67. The normalized spacial score (nSPS) is 19.8. The predicted octanol–water partition coefficient (Wildman–Crippen LogP) is 3.40. The molecule has 0 bridgehead atoms. The molecule has 2 rings (SSSR count). The molecule has 0 saturated carbocycles. The molecule has 100 valence electrons. The predicted molar refractivity (Wildman–Crippen MR) is 73.4 cm³/mol. The lowest BCUT2D eigenvalue weighted by Crippen LogP contribution is -2.26. The van der Waals surface area contributed by atoms with Gasteiger partial charge < -0.3 is 15.2 Å². The highest BCUT2D eigenvalue weighted by Gasteiger charge is 2.16. The van der Waals surface area contributed by atoms with Gasteiger partial charge in [0.1, 0.15) is 12.4 Å². The maximum atomic E-state index is 6.13. The van der Waals surface area contributed by atoms with Crippen LogP contribution in [-0.2, 0) is 11.3 Å². The van der Waals surface area contributed by atoms with Gasteiger partial charge in [-0.25, -0.2) is 0 Å². The molecular formula is C13H17Cl2NO2. The van der Waals surface area contributed by atoms with E-state index in [1.807, 2.05) is 0 Å². The van der Waals surface area contributed by atoms with E-state index in [4.69, 9.17) is 38.4 Å². The number of nitrogens with two attached hydrogens (primary N) is 1. The highest BCUT2D eigenvalue weighted by Crippen LogP contribution is 2.32. The van der Waals surface area contributed by atoms with E-state index in [1.165, 1.54) is 6.42 Å². The quantitative estimate of drug-likeness (QED) is 0.924. The van der Waals surface area contributed by atoms with Gasteiger partial charge in [0.05, 0.1) is 11.1 Å². The zero-order valence-corrected chi connectivity index (χ0v) is 11.6. The van der Waals surface area contributed by atoms with Crippen LogP contribution in [0.3, 0.4) is 0 Å². The van der Waals surface area contributed by atoms with Crippen molar-refractivity contribution < 1.29 is 9.47 Å². The maximum Gasteiger partial charge on any atom is 0.142 e. The van der Waals surface area contributed by atoms with E-state index < -0.39 is 0 Å². The molecule has 1 aliphatic rings. The first-order chi connectivity index (χ1) is 8.70. The number of benzene rings is 1. The SMILES string of the molecule is NCc1cc(Cl)cc(Cl)c1OCC1CCCCO1. The van der Waals surface area contributed by atoms with Crippen LogP contribution < -0.4 is 10.5 Å². The molecule has 0 amide bonds. The van der Waals surface area contributed by atoms with Gasteiger partial charge in [-0.2, -0.15) is 0 Å². The summed E-state index contributed by atoms with van der Waals surface area (Å²) in [5, 5.41) is 1.07. The third-order valence-corrected chi connectivity index (χ3v) is 3.49. The van der Waals surface area contributed by atoms with Crippen molar-refractivity contribution in [2.45, 2.75) is 31.9 Å². The second-order valence-corrected chi connectivity index (χ2v) is 5.22. The molecule has 2 N–H and O–H groups in total. The summed E-state index contributed by atoms with van der Waals surface area (Å²) in [5.74, 6) is 0.623. The van der Waals surface area contributed by atoms with Crippen LogP contribution in [0.1, 0.15) is 24.8 Å². The molecule has 0 radical (unpaired) electrons. The van der Waals surface area contributed by atoms with Crippen molar-refractivity contribution in [1.82, 2.24) is 0 Å². The zero-order valence-electron chi connectivity index (χ0n) is 10.1. The largest absolute Gasteiger partial charge is 0.489 e. The molecule has 0 aromatic heterocycles. The Hall–Kier alpha value is -0.480. The third-order valence-electron chi connectivity index (χ3n) is 2.99. The lowest BCUT2D eigenvalue weighted by atomic mass is 10.1. The van der Waals surface area contributed by atoms with Crippen molar-refractivity contribution >= 4 is 23.2 Å². The highest BCUT2D eigenvalue weighted by atomic mass is 35.5. The van der Waals surface area contributed by atoms with E-state index in [2.05, 4.69) is 0 Å². The van der Waals surface area contributed by atoms with Crippen molar-refractivity contribution in [3.05, 3.63) is 27.7 Å². The van der Waals surface area contributed by atoms with Crippen molar-refractivity contribution in [3.8, 4) is 5.75 Å². The number of ether oxygens (including phenoxy) is 2. The fraction of sp³-hybridized carbons (Fsp3) is 0.538. The summed E-state index contributed by atoms with van der Waals surface area (Å²) in [7, 11) is 0. The summed E-state index contributed by atoms with van der Waals surface area (Å²) < 4.78 is 11.4. The van der Waals surface area contributed by atoms with Gasteiger partial charge in [-0.1, -0.05) is 23.2 Å². The van der Waals surface area contributed by atoms with Crippen molar-refractivity contribution in [2.75, 3.05) is 13.2 Å². The summed E-state index contributed by atoms with van der Waals surface area (Å²) in [6.07, 6.45) is 3.50. The number of hydrogen-bond donors (Lipinski definition) is 1. The van der Waals surface area contributed by atoms with Crippen LogP contribution >= 0.6 is 23.2 Å². The van der Waals surface area contributed by atoms with Crippen LogP contribution in [0.2, 0.25) is 10.0 Å². The Labute approximate surface area is 117 Å². The van der Waals surface area contributed by atoms with Gasteiger partial charge in [0.2, 0.25) is 0 Å². The first-order valence-corrected chi connectivity index (χ1v) is 6.88. The van der Waals surface area contributed by atoms with E-state index in [9.17, 15) is 0 Å². The van der Waals surface area contributed by atoms with Crippen LogP contribution in [-0.4, -0.2) is 19.3 Å². The second kappa shape index (κ2) is 6.62. The van der Waals surface area contributed by atoms with Crippen molar-refractivity contribution in [1.29, 1.82) is 0 Å². The van der Waals surface area contributed by atoms with Gasteiger partial charge >= 0.3 is 0 Å². The number of halogens is 2. The third kappa shape index (κ3) is 3.51. The Bertz CT molecular complexity index is 406. The highest BCUT2D eigenvalue weighted by molar-refractivity contribution is 6.35. The molecule has 1 fully saturated rings. The van der Waals surface area contributed by atoms with Gasteiger partial charge in [0.25, 0.3) is 0 Å². The molecule has 1 aliphatic heterocycles. The van der Waals surface area contributed by atoms with Gasteiger partial charge in [-0.15, -0.1) is 0 Å². The molecule has 1 saturated heterocycles. The summed E-state index contributed by atoms with van der Waals surface area (Å²) in [5.41, 5.74) is 6.49. The topological polar surface area (TPSA) is 44.5 Å². The lowest BCUT2D eigenvalue weighted by Gasteiger charge is -2.23. The molecule has 1 atom stereocenters. The molecule has 1 aromatic carbocycles. The fourth-order valence-electron chi connectivity index (χ4n) is 2.04. The molecule has 1 unspecified atom stereocenters. The lowest BCUT2D eigenvalue weighted by molar-refractivity contribution is -0.0112. The maximum absolute atomic E-state index is 6.13. The molecule has 1 aromatic rings. The van der Waals surface area contributed by atoms with Crippen LogP contribution in [0.25, 0.3) is 0 Å². The Morgan fingerprint density at radius 3 is 2.83 bits per heavy atom. The molecule has 5 heteroatoms.